The molecule has 5 heteroatoms. The van der Waals surface area contributed by atoms with Crippen LogP contribution in [0, 0.1) is 0 Å². The SMILES string of the molecule is COc1ccc(CC(=O)CC(=O)O)cc1OC. The minimum absolute atomic E-state index is 0.0760. The molecule has 0 heterocycles. The van der Waals surface area contributed by atoms with Crippen LogP contribution in [0.25, 0.3) is 0 Å². The molecule has 1 aromatic carbocycles. The van der Waals surface area contributed by atoms with E-state index in [1.54, 1.807) is 18.2 Å². The third-order valence-corrected chi connectivity index (χ3v) is 2.20. The van der Waals surface area contributed by atoms with Crippen LogP contribution in [-0.2, 0) is 16.0 Å². The largest absolute Gasteiger partial charge is 0.493 e. The Morgan fingerprint density at radius 2 is 1.82 bits per heavy atom. The second-order valence-electron chi connectivity index (χ2n) is 3.48. The zero-order valence-electron chi connectivity index (χ0n) is 9.73. The van der Waals surface area contributed by atoms with E-state index < -0.39 is 12.4 Å². The molecule has 1 rings (SSSR count). The Morgan fingerprint density at radius 1 is 1.18 bits per heavy atom. The third kappa shape index (κ3) is 3.79. The number of benzene rings is 1. The zero-order valence-corrected chi connectivity index (χ0v) is 9.73. The van der Waals surface area contributed by atoms with Gasteiger partial charge in [0.2, 0.25) is 0 Å². The van der Waals surface area contributed by atoms with Gasteiger partial charge in [-0.15, -0.1) is 0 Å². The molecule has 1 N–H and O–H groups in total. The van der Waals surface area contributed by atoms with Gasteiger partial charge in [0.1, 0.15) is 12.2 Å². The number of aliphatic carboxylic acids is 1. The molecule has 0 aromatic heterocycles. The number of Topliss-reactive ketones (excluding diaryl/α,β-unsaturated/α-hetero) is 1. The van der Waals surface area contributed by atoms with Crippen LogP contribution < -0.4 is 9.47 Å². The lowest BCUT2D eigenvalue weighted by Gasteiger charge is -2.08. The van der Waals surface area contributed by atoms with Gasteiger partial charge >= 0.3 is 5.97 Å². The standard InChI is InChI=1S/C12H14O5/c1-16-10-4-3-8(6-11(10)17-2)5-9(13)7-12(14)15/h3-4,6H,5,7H2,1-2H3,(H,14,15). The maximum Gasteiger partial charge on any atom is 0.310 e. The molecule has 0 unspecified atom stereocenters. The topological polar surface area (TPSA) is 72.8 Å². The molecule has 92 valence electrons. The first-order chi connectivity index (χ1) is 8.06. The van der Waals surface area contributed by atoms with E-state index in [9.17, 15) is 9.59 Å². The highest BCUT2D eigenvalue weighted by atomic mass is 16.5. The maximum absolute atomic E-state index is 11.3. The van der Waals surface area contributed by atoms with E-state index in [0.717, 1.165) is 0 Å². The molecule has 0 fully saturated rings. The minimum Gasteiger partial charge on any atom is -0.493 e. The molecular weight excluding hydrogens is 224 g/mol. The number of methoxy groups -OCH3 is 2. The molecule has 1 aromatic rings. The van der Waals surface area contributed by atoms with Gasteiger partial charge in [0.15, 0.2) is 11.5 Å². The first kappa shape index (κ1) is 13.0. The van der Waals surface area contributed by atoms with Crippen molar-refractivity contribution in [3.63, 3.8) is 0 Å². The quantitative estimate of drug-likeness (QED) is 0.756. The van der Waals surface area contributed by atoms with Gasteiger partial charge in [-0.3, -0.25) is 9.59 Å². The molecule has 0 aliphatic heterocycles. The van der Waals surface area contributed by atoms with E-state index in [4.69, 9.17) is 14.6 Å². The van der Waals surface area contributed by atoms with Crippen LogP contribution in [0.15, 0.2) is 18.2 Å². The van der Waals surface area contributed by atoms with E-state index in [2.05, 4.69) is 0 Å². The van der Waals surface area contributed by atoms with Crippen molar-refractivity contribution in [3.8, 4) is 11.5 Å². The maximum atomic E-state index is 11.3. The Labute approximate surface area is 99.0 Å². The molecule has 0 bridgehead atoms. The van der Waals surface area contributed by atoms with Crippen LogP contribution in [-0.4, -0.2) is 31.1 Å². The van der Waals surface area contributed by atoms with Crippen molar-refractivity contribution in [2.24, 2.45) is 0 Å². The molecular formula is C12H14O5. The number of carboxylic acids is 1. The average Bonchev–Trinajstić information content (AvgIpc) is 2.27. The van der Waals surface area contributed by atoms with Crippen molar-refractivity contribution in [1.29, 1.82) is 0 Å². The molecule has 0 saturated heterocycles. The Bertz CT molecular complexity index is 425. The molecule has 0 aliphatic rings. The van der Waals surface area contributed by atoms with Crippen molar-refractivity contribution >= 4 is 11.8 Å². The summed E-state index contributed by atoms with van der Waals surface area (Å²) in [7, 11) is 3.02. The highest BCUT2D eigenvalue weighted by Gasteiger charge is 2.11. The molecule has 17 heavy (non-hydrogen) atoms. The van der Waals surface area contributed by atoms with Crippen LogP contribution >= 0.6 is 0 Å². The van der Waals surface area contributed by atoms with Crippen LogP contribution in [0.5, 0.6) is 11.5 Å². The summed E-state index contributed by atoms with van der Waals surface area (Å²) in [5, 5.41) is 8.48. The molecule has 0 spiro atoms. The van der Waals surface area contributed by atoms with Gasteiger partial charge < -0.3 is 14.6 Å². The Hall–Kier alpha value is -2.04. The lowest BCUT2D eigenvalue weighted by molar-refractivity contribution is -0.140. The highest BCUT2D eigenvalue weighted by Crippen LogP contribution is 2.27. The smallest absolute Gasteiger partial charge is 0.310 e. The van der Waals surface area contributed by atoms with Crippen molar-refractivity contribution in [2.45, 2.75) is 12.8 Å². The summed E-state index contributed by atoms with van der Waals surface area (Å²) in [4.78, 5) is 21.7. The predicted octanol–water partition coefficient (Wildman–Crippen LogP) is 1.29. The molecule has 0 atom stereocenters. The van der Waals surface area contributed by atoms with Crippen molar-refractivity contribution in [3.05, 3.63) is 23.8 Å². The van der Waals surface area contributed by atoms with Gasteiger partial charge in [-0.25, -0.2) is 0 Å². The van der Waals surface area contributed by atoms with Crippen molar-refractivity contribution in [2.75, 3.05) is 14.2 Å². The first-order valence-electron chi connectivity index (χ1n) is 5.01. The number of rotatable bonds is 6. The summed E-state index contributed by atoms with van der Waals surface area (Å²) < 4.78 is 10.1. The monoisotopic (exact) mass is 238 g/mol. The van der Waals surface area contributed by atoms with Gasteiger partial charge in [0.05, 0.1) is 14.2 Å². The molecule has 0 saturated carbocycles. The molecule has 0 amide bonds. The zero-order chi connectivity index (χ0) is 12.8. The van der Waals surface area contributed by atoms with Crippen LogP contribution in [0.3, 0.4) is 0 Å². The number of carbonyl (C=O) groups is 2. The summed E-state index contributed by atoms with van der Waals surface area (Å²) in [6.45, 7) is 0. The first-order valence-corrected chi connectivity index (χ1v) is 5.01. The fraction of sp³-hybridized carbons (Fsp3) is 0.333. The fourth-order valence-electron chi connectivity index (χ4n) is 1.45. The second kappa shape index (κ2) is 5.89. The van der Waals surface area contributed by atoms with Crippen LogP contribution in [0.1, 0.15) is 12.0 Å². The Kier molecular flexibility index (Phi) is 4.51. The number of ketones is 1. The lowest BCUT2D eigenvalue weighted by Crippen LogP contribution is -2.09. The normalized spacial score (nSPS) is 9.76. The lowest BCUT2D eigenvalue weighted by atomic mass is 10.1. The minimum atomic E-state index is -1.12. The fourth-order valence-corrected chi connectivity index (χ4v) is 1.45. The van der Waals surface area contributed by atoms with Gasteiger partial charge in [-0.2, -0.15) is 0 Å². The summed E-state index contributed by atoms with van der Waals surface area (Å²) in [6.07, 6.45) is -0.388. The van der Waals surface area contributed by atoms with Gasteiger partial charge in [-0.1, -0.05) is 6.07 Å². The third-order valence-electron chi connectivity index (χ3n) is 2.20. The predicted molar refractivity (Wildman–Crippen MR) is 60.5 cm³/mol. The summed E-state index contributed by atoms with van der Waals surface area (Å²) in [6, 6.07) is 5.06. The highest BCUT2D eigenvalue weighted by molar-refractivity contribution is 5.95. The van der Waals surface area contributed by atoms with E-state index >= 15 is 0 Å². The Morgan fingerprint density at radius 3 is 2.35 bits per heavy atom. The number of carboxylic acid groups (broad SMARTS) is 1. The van der Waals surface area contributed by atoms with E-state index in [-0.39, 0.29) is 12.2 Å². The van der Waals surface area contributed by atoms with Crippen LogP contribution in [0.2, 0.25) is 0 Å². The molecule has 0 aliphatic carbocycles. The number of ether oxygens (including phenoxy) is 2. The van der Waals surface area contributed by atoms with E-state index in [0.29, 0.717) is 17.1 Å². The van der Waals surface area contributed by atoms with Crippen LogP contribution in [0.4, 0.5) is 0 Å². The summed E-state index contributed by atoms with van der Waals surface area (Å²) >= 11 is 0. The number of hydrogen-bond acceptors (Lipinski definition) is 4. The summed E-state index contributed by atoms with van der Waals surface area (Å²) in [5.41, 5.74) is 0.703. The van der Waals surface area contributed by atoms with Gasteiger partial charge in [0.25, 0.3) is 0 Å². The number of carbonyl (C=O) groups excluding carboxylic acids is 1. The Balaban J connectivity index is 2.79. The number of hydrogen-bond donors (Lipinski definition) is 1. The van der Waals surface area contributed by atoms with Gasteiger partial charge in [-0.05, 0) is 17.7 Å². The average molecular weight is 238 g/mol. The second-order valence-corrected chi connectivity index (χ2v) is 3.48. The summed E-state index contributed by atoms with van der Waals surface area (Å²) in [5.74, 6) is -0.366. The molecule has 5 nitrogen and oxygen atoms in total. The molecule has 0 radical (unpaired) electrons. The van der Waals surface area contributed by atoms with Gasteiger partial charge in [0, 0.05) is 6.42 Å². The van der Waals surface area contributed by atoms with Crippen molar-refractivity contribution in [1.82, 2.24) is 0 Å². The van der Waals surface area contributed by atoms with E-state index in [1.807, 2.05) is 0 Å². The van der Waals surface area contributed by atoms with Crippen molar-refractivity contribution < 1.29 is 24.2 Å². The van der Waals surface area contributed by atoms with E-state index in [1.165, 1.54) is 14.2 Å².